The number of carbonyl (C=O) groups excluding carboxylic acids is 1. The molecule has 6 rings (SSSR count). The third-order valence-electron chi connectivity index (χ3n) is 6.01. The molecule has 1 aromatic heterocycles. The summed E-state index contributed by atoms with van der Waals surface area (Å²) in [4.78, 5) is 16.5. The molecule has 3 aliphatic carbocycles. The van der Waals surface area contributed by atoms with Gasteiger partial charge in [-0.2, -0.15) is 0 Å². The van der Waals surface area contributed by atoms with E-state index in [1.54, 1.807) is 12.1 Å². The number of amides is 1. The van der Waals surface area contributed by atoms with Gasteiger partial charge in [0.25, 0.3) is 5.91 Å². The number of rotatable bonds is 6. The van der Waals surface area contributed by atoms with Crippen LogP contribution >= 0.6 is 11.6 Å². The molecule has 0 spiro atoms. The van der Waals surface area contributed by atoms with Gasteiger partial charge in [0.15, 0.2) is 6.61 Å². The molecule has 3 fully saturated rings. The highest BCUT2D eigenvalue weighted by atomic mass is 35.5. The molecular formula is C23H22ClN3O2. The predicted octanol–water partition coefficient (Wildman–Crippen LogP) is 4.48. The van der Waals surface area contributed by atoms with Crippen LogP contribution in [0.1, 0.15) is 24.8 Å². The van der Waals surface area contributed by atoms with Crippen molar-refractivity contribution in [1.82, 2.24) is 10.3 Å². The molecule has 0 saturated heterocycles. The summed E-state index contributed by atoms with van der Waals surface area (Å²) in [5.74, 6) is 0.574. The number of carbonyl (C=O) groups is 1. The molecule has 6 heteroatoms. The molecule has 0 unspecified atom stereocenters. The van der Waals surface area contributed by atoms with Crippen molar-refractivity contribution in [3.8, 4) is 5.75 Å². The lowest BCUT2D eigenvalue weighted by Crippen LogP contribution is -2.81. The van der Waals surface area contributed by atoms with Gasteiger partial charge in [0.05, 0.1) is 0 Å². The van der Waals surface area contributed by atoms with Gasteiger partial charge in [-0.25, -0.2) is 0 Å². The standard InChI is InChI=1S/C23H22ClN3O2/c1-15-9-17(5-6-19(15)24)29-11-21(28)27-23-12-22(13-23,14-23)26-20-4-2-3-16-10-25-8-7-18(16)20/h2-10,26H,11-14H2,1H3,(H,27,28). The first-order chi connectivity index (χ1) is 14.0. The Hall–Kier alpha value is -2.79. The number of nitrogens with zero attached hydrogens (tertiary/aromatic N) is 1. The highest BCUT2D eigenvalue weighted by Gasteiger charge is 2.68. The summed E-state index contributed by atoms with van der Waals surface area (Å²) < 4.78 is 5.61. The maximum atomic E-state index is 12.3. The van der Waals surface area contributed by atoms with E-state index in [1.807, 2.05) is 37.5 Å². The minimum absolute atomic E-state index is 0.0135. The molecule has 3 aromatic rings. The highest BCUT2D eigenvalue weighted by Crippen LogP contribution is 2.62. The topological polar surface area (TPSA) is 63.2 Å². The van der Waals surface area contributed by atoms with Crippen LogP contribution in [0.15, 0.2) is 54.9 Å². The summed E-state index contributed by atoms with van der Waals surface area (Å²) in [6.45, 7) is 1.93. The van der Waals surface area contributed by atoms with Gasteiger partial charge in [-0.15, -0.1) is 0 Å². The molecule has 1 amide bonds. The minimum Gasteiger partial charge on any atom is -0.484 e. The molecule has 148 valence electrons. The van der Waals surface area contributed by atoms with Crippen LogP contribution in [0.2, 0.25) is 5.02 Å². The van der Waals surface area contributed by atoms with Crippen LogP contribution in [0.3, 0.4) is 0 Å². The van der Waals surface area contributed by atoms with Gasteiger partial charge in [-0.1, -0.05) is 23.7 Å². The quantitative estimate of drug-likeness (QED) is 0.632. The summed E-state index contributed by atoms with van der Waals surface area (Å²) in [5, 5.41) is 9.87. The summed E-state index contributed by atoms with van der Waals surface area (Å²) in [7, 11) is 0. The number of hydrogen-bond acceptors (Lipinski definition) is 4. The number of pyridine rings is 1. The molecule has 0 atom stereocenters. The lowest BCUT2D eigenvalue weighted by molar-refractivity contribution is -0.135. The molecule has 2 N–H and O–H groups in total. The van der Waals surface area contributed by atoms with Crippen LogP contribution < -0.4 is 15.4 Å². The second-order valence-corrected chi connectivity index (χ2v) is 8.77. The van der Waals surface area contributed by atoms with Crippen molar-refractivity contribution in [2.45, 2.75) is 37.3 Å². The molecule has 0 radical (unpaired) electrons. The van der Waals surface area contributed by atoms with Gasteiger partial charge in [0, 0.05) is 45.0 Å². The van der Waals surface area contributed by atoms with E-state index in [-0.39, 0.29) is 23.6 Å². The van der Waals surface area contributed by atoms with E-state index in [0.29, 0.717) is 10.8 Å². The van der Waals surface area contributed by atoms with Crippen molar-refractivity contribution >= 4 is 34.0 Å². The molecule has 1 heterocycles. The number of aryl methyl sites for hydroxylation is 1. The number of benzene rings is 2. The zero-order chi connectivity index (χ0) is 20.1. The van der Waals surface area contributed by atoms with Crippen molar-refractivity contribution in [3.05, 3.63) is 65.4 Å². The first-order valence-electron chi connectivity index (χ1n) is 9.77. The maximum absolute atomic E-state index is 12.3. The zero-order valence-corrected chi connectivity index (χ0v) is 16.9. The average molecular weight is 408 g/mol. The highest BCUT2D eigenvalue weighted by molar-refractivity contribution is 6.31. The number of anilines is 1. The van der Waals surface area contributed by atoms with Crippen LogP contribution in [0, 0.1) is 6.92 Å². The molecule has 2 aromatic carbocycles. The molecule has 3 saturated carbocycles. The maximum Gasteiger partial charge on any atom is 0.258 e. The second-order valence-electron chi connectivity index (χ2n) is 8.37. The number of halogens is 1. The Balaban J connectivity index is 1.16. The monoisotopic (exact) mass is 407 g/mol. The van der Waals surface area contributed by atoms with E-state index in [2.05, 4.69) is 27.8 Å². The van der Waals surface area contributed by atoms with Crippen LogP contribution in [0.4, 0.5) is 5.69 Å². The SMILES string of the molecule is Cc1cc(OCC(=O)NC23CC(Nc4cccc5cnccc45)(C2)C3)ccc1Cl. The van der Waals surface area contributed by atoms with Crippen molar-refractivity contribution in [2.75, 3.05) is 11.9 Å². The third-order valence-corrected chi connectivity index (χ3v) is 6.44. The fraction of sp³-hybridized carbons (Fsp3) is 0.304. The third kappa shape index (κ3) is 3.29. The molecule has 29 heavy (non-hydrogen) atoms. The summed E-state index contributed by atoms with van der Waals surface area (Å²) in [6, 6.07) is 13.7. The predicted molar refractivity (Wildman–Crippen MR) is 115 cm³/mol. The normalized spacial score (nSPS) is 24.3. The van der Waals surface area contributed by atoms with Gasteiger partial charge in [0.2, 0.25) is 0 Å². The Morgan fingerprint density at radius 3 is 2.79 bits per heavy atom. The van der Waals surface area contributed by atoms with Crippen LogP contribution in [0.5, 0.6) is 5.75 Å². The number of aromatic nitrogens is 1. The average Bonchev–Trinajstić information content (AvgIpc) is 2.66. The van der Waals surface area contributed by atoms with Gasteiger partial charge < -0.3 is 15.4 Å². The lowest BCUT2D eigenvalue weighted by Gasteiger charge is -2.70. The number of hydrogen-bond donors (Lipinski definition) is 2. The van der Waals surface area contributed by atoms with Gasteiger partial charge in [-0.05, 0) is 62.1 Å². The molecular weight excluding hydrogens is 386 g/mol. The Kier molecular flexibility index (Phi) is 4.17. The first-order valence-corrected chi connectivity index (χ1v) is 10.1. The summed E-state index contributed by atoms with van der Waals surface area (Å²) >= 11 is 6.02. The van der Waals surface area contributed by atoms with Crippen molar-refractivity contribution < 1.29 is 9.53 Å². The molecule has 3 aliphatic rings. The van der Waals surface area contributed by atoms with E-state index in [9.17, 15) is 4.79 Å². The van der Waals surface area contributed by atoms with E-state index < -0.39 is 0 Å². The Morgan fingerprint density at radius 1 is 1.17 bits per heavy atom. The van der Waals surface area contributed by atoms with E-state index in [0.717, 1.165) is 35.9 Å². The van der Waals surface area contributed by atoms with E-state index >= 15 is 0 Å². The van der Waals surface area contributed by atoms with Crippen LogP contribution in [-0.2, 0) is 4.79 Å². The first kappa shape index (κ1) is 18.3. The fourth-order valence-electron chi connectivity index (χ4n) is 4.76. The molecule has 2 bridgehead atoms. The Morgan fingerprint density at radius 2 is 2.00 bits per heavy atom. The van der Waals surface area contributed by atoms with E-state index in [4.69, 9.17) is 16.3 Å². The summed E-state index contributed by atoms with van der Waals surface area (Å²) in [5.41, 5.74) is 2.06. The van der Waals surface area contributed by atoms with Gasteiger partial charge in [-0.3, -0.25) is 9.78 Å². The van der Waals surface area contributed by atoms with Crippen molar-refractivity contribution in [2.24, 2.45) is 0 Å². The Bertz CT molecular complexity index is 1090. The lowest BCUT2D eigenvalue weighted by atomic mass is 9.44. The Labute approximate surface area is 174 Å². The number of fused-ring (bicyclic) bond motifs is 1. The van der Waals surface area contributed by atoms with E-state index in [1.165, 1.54) is 5.39 Å². The summed E-state index contributed by atoms with van der Waals surface area (Å²) in [6.07, 6.45) is 6.51. The smallest absolute Gasteiger partial charge is 0.258 e. The number of nitrogens with one attached hydrogen (secondary N) is 2. The molecule has 0 aliphatic heterocycles. The van der Waals surface area contributed by atoms with Gasteiger partial charge in [0.1, 0.15) is 5.75 Å². The second kappa shape index (κ2) is 6.63. The van der Waals surface area contributed by atoms with Crippen LogP contribution in [-0.4, -0.2) is 28.6 Å². The largest absolute Gasteiger partial charge is 0.484 e. The van der Waals surface area contributed by atoms with Crippen molar-refractivity contribution in [3.63, 3.8) is 0 Å². The fourth-order valence-corrected chi connectivity index (χ4v) is 4.88. The molecule has 5 nitrogen and oxygen atoms in total. The zero-order valence-electron chi connectivity index (χ0n) is 16.2. The number of ether oxygens (including phenoxy) is 1. The minimum atomic E-state index is -0.0878. The van der Waals surface area contributed by atoms with Crippen molar-refractivity contribution in [1.29, 1.82) is 0 Å². The van der Waals surface area contributed by atoms with Gasteiger partial charge >= 0.3 is 0 Å². The van der Waals surface area contributed by atoms with Crippen LogP contribution in [0.25, 0.3) is 10.8 Å².